The molecule has 0 aliphatic carbocycles. The third-order valence-corrected chi connectivity index (χ3v) is 4.33. The van der Waals surface area contributed by atoms with Crippen molar-refractivity contribution >= 4 is 23.1 Å². The maximum atomic E-state index is 12.3. The third kappa shape index (κ3) is 2.39. The summed E-state index contributed by atoms with van der Waals surface area (Å²) in [7, 11) is 0. The Morgan fingerprint density at radius 2 is 1.88 bits per heavy atom. The lowest BCUT2D eigenvalue weighted by molar-refractivity contribution is -0.116. The smallest absolute Gasteiger partial charge is 0.238 e. The first kappa shape index (κ1) is 14.7. The van der Waals surface area contributed by atoms with Crippen molar-refractivity contribution in [3.05, 3.63) is 78.8 Å². The number of benzene rings is 1. The molecule has 1 aliphatic heterocycles. The zero-order chi connectivity index (χ0) is 17.5. The van der Waals surface area contributed by atoms with Gasteiger partial charge in [-0.3, -0.25) is 9.69 Å². The number of nitrogens with zero attached hydrogens (tertiary/aromatic N) is 4. The van der Waals surface area contributed by atoms with E-state index in [0.717, 1.165) is 16.9 Å². The van der Waals surface area contributed by atoms with Gasteiger partial charge in [0.25, 0.3) is 0 Å². The topological polar surface area (TPSA) is 59.7 Å². The second kappa shape index (κ2) is 5.70. The van der Waals surface area contributed by atoms with E-state index in [1.54, 1.807) is 11.1 Å². The lowest BCUT2D eigenvalue weighted by atomic mass is 10.2. The summed E-state index contributed by atoms with van der Waals surface area (Å²) in [6.07, 6.45) is 5.82. The minimum atomic E-state index is 0.0210. The van der Waals surface area contributed by atoms with Gasteiger partial charge in [-0.1, -0.05) is 12.1 Å². The fourth-order valence-corrected chi connectivity index (χ4v) is 3.14. The first-order valence-electron chi connectivity index (χ1n) is 8.26. The molecule has 0 atom stereocenters. The summed E-state index contributed by atoms with van der Waals surface area (Å²) in [5.41, 5.74) is 2.54. The van der Waals surface area contributed by atoms with E-state index in [9.17, 15) is 4.79 Å². The number of carbonyl (C=O) groups is 1. The molecule has 0 spiro atoms. The molecule has 0 fully saturated rings. The van der Waals surface area contributed by atoms with Crippen molar-refractivity contribution in [2.45, 2.75) is 6.42 Å². The summed E-state index contributed by atoms with van der Waals surface area (Å²) in [4.78, 5) is 22.8. The standard InChI is InChI=1S/C20H14N4O2/c25-19-12-14-4-3-10-21-20(14)24(19)15-6-8-16(9-7-15)26-18-13-23-11-2-1-5-17(23)22-18/h1-11,13H,12H2. The van der Waals surface area contributed by atoms with Gasteiger partial charge in [0.1, 0.15) is 17.2 Å². The Morgan fingerprint density at radius 1 is 1.00 bits per heavy atom. The highest BCUT2D eigenvalue weighted by atomic mass is 16.5. The fraction of sp³-hybridized carbons (Fsp3) is 0.0500. The quantitative estimate of drug-likeness (QED) is 0.569. The molecule has 4 heterocycles. The van der Waals surface area contributed by atoms with Crippen LogP contribution in [0.1, 0.15) is 5.56 Å². The summed E-state index contributed by atoms with van der Waals surface area (Å²) >= 11 is 0. The fourth-order valence-electron chi connectivity index (χ4n) is 3.14. The van der Waals surface area contributed by atoms with Crippen molar-refractivity contribution in [3.63, 3.8) is 0 Å². The highest BCUT2D eigenvalue weighted by Gasteiger charge is 2.29. The van der Waals surface area contributed by atoms with E-state index in [0.29, 0.717) is 23.9 Å². The molecule has 0 saturated heterocycles. The average molecular weight is 342 g/mol. The molecule has 1 amide bonds. The van der Waals surface area contributed by atoms with Crippen LogP contribution in [-0.4, -0.2) is 20.3 Å². The van der Waals surface area contributed by atoms with Gasteiger partial charge >= 0.3 is 0 Å². The Balaban J connectivity index is 1.41. The molecule has 1 aromatic carbocycles. The minimum absolute atomic E-state index is 0.0210. The molecule has 0 N–H and O–H groups in total. The summed E-state index contributed by atoms with van der Waals surface area (Å²) in [5.74, 6) is 1.90. The Bertz CT molecular complexity index is 1090. The number of ether oxygens (including phenoxy) is 1. The van der Waals surface area contributed by atoms with Crippen LogP contribution >= 0.6 is 0 Å². The number of imidazole rings is 1. The Morgan fingerprint density at radius 3 is 2.73 bits per heavy atom. The molecule has 0 bridgehead atoms. The molecule has 1 aliphatic rings. The zero-order valence-corrected chi connectivity index (χ0v) is 13.7. The number of pyridine rings is 2. The highest BCUT2D eigenvalue weighted by molar-refractivity contribution is 6.06. The van der Waals surface area contributed by atoms with Crippen LogP contribution in [0.15, 0.2) is 73.2 Å². The number of fused-ring (bicyclic) bond motifs is 2. The summed E-state index contributed by atoms with van der Waals surface area (Å²) < 4.78 is 7.72. The Kier molecular flexibility index (Phi) is 3.21. The van der Waals surface area contributed by atoms with E-state index >= 15 is 0 Å². The maximum absolute atomic E-state index is 12.3. The van der Waals surface area contributed by atoms with Gasteiger partial charge in [0, 0.05) is 18.0 Å². The second-order valence-corrected chi connectivity index (χ2v) is 6.03. The van der Waals surface area contributed by atoms with Crippen molar-refractivity contribution in [2.24, 2.45) is 0 Å². The molecule has 5 rings (SSSR count). The van der Waals surface area contributed by atoms with Gasteiger partial charge in [0.2, 0.25) is 11.8 Å². The molecule has 0 saturated carbocycles. The van der Waals surface area contributed by atoms with Crippen LogP contribution in [0.4, 0.5) is 11.5 Å². The molecular weight excluding hydrogens is 328 g/mol. The Hall–Kier alpha value is -3.67. The number of rotatable bonds is 3. The van der Waals surface area contributed by atoms with Gasteiger partial charge in [0.15, 0.2) is 0 Å². The second-order valence-electron chi connectivity index (χ2n) is 6.03. The van der Waals surface area contributed by atoms with E-state index in [1.165, 1.54) is 0 Å². The number of anilines is 2. The van der Waals surface area contributed by atoms with Crippen LogP contribution in [0.5, 0.6) is 11.6 Å². The number of amides is 1. The molecule has 26 heavy (non-hydrogen) atoms. The highest BCUT2D eigenvalue weighted by Crippen LogP contribution is 2.34. The average Bonchev–Trinajstić information content (AvgIpc) is 3.21. The van der Waals surface area contributed by atoms with Crippen LogP contribution in [0.25, 0.3) is 5.65 Å². The van der Waals surface area contributed by atoms with Gasteiger partial charge < -0.3 is 9.14 Å². The van der Waals surface area contributed by atoms with Crippen molar-refractivity contribution in [2.75, 3.05) is 4.90 Å². The van der Waals surface area contributed by atoms with Crippen molar-refractivity contribution in [1.82, 2.24) is 14.4 Å². The van der Waals surface area contributed by atoms with Gasteiger partial charge in [0.05, 0.1) is 18.3 Å². The lowest BCUT2D eigenvalue weighted by Gasteiger charge is -2.16. The molecule has 0 unspecified atom stereocenters. The van der Waals surface area contributed by atoms with Gasteiger partial charge in [-0.15, -0.1) is 0 Å². The van der Waals surface area contributed by atoms with Crippen molar-refractivity contribution in [3.8, 4) is 11.6 Å². The normalized spacial score (nSPS) is 13.2. The SMILES string of the molecule is O=C1Cc2cccnc2N1c1ccc(Oc2cn3ccccc3n2)cc1. The van der Waals surface area contributed by atoms with E-state index in [1.807, 2.05) is 71.4 Å². The molecule has 126 valence electrons. The van der Waals surface area contributed by atoms with Crippen LogP contribution in [0.3, 0.4) is 0 Å². The zero-order valence-electron chi connectivity index (χ0n) is 13.7. The van der Waals surface area contributed by atoms with Crippen molar-refractivity contribution < 1.29 is 9.53 Å². The van der Waals surface area contributed by atoms with Crippen LogP contribution < -0.4 is 9.64 Å². The van der Waals surface area contributed by atoms with Gasteiger partial charge in [-0.25, -0.2) is 4.98 Å². The van der Waals surface area contributed by atoms with Crippen LogP contribution in [0, 0.1) is 0 Å². The number of aromatic nitrogens is 3. The van der Waals surface area contributed by atoms with E-state index in [2.05, 4.69) is 9.97 Å². The first-order valence-corrected chi connectivity index (χ1v) is 8.26. The summed E-state index contributed by atoms with van der Waals surface area (Å²) in [6.45, 7) is 0. The summed E-state index contributed by atoms with van der Waals surface area (Å²) in [6, 6.07) is 16.9. The molecule has 3 aromatic heterocycles. The lowest BCUT2D eigenvalue weighted by Crippen LogP contribution is -2.21. The van der Waals surface area contributed by atoms with Gasteiger partial charge in [-0.2, -0.15) is 4.98 Å². The maximum Gasteiger partial charge on any atom is 0.238 e. The molecule has 6 heteroatoms. The monoisotopic (exact) mass is 342 g/mol. The predicted molar refractivity (Wildman–Crippen MR) is 96.8 cm³/mol. The van der Waals surface area contributed by atoms with Crippen LogP contribution in [0.2, 0.25) is 0 Å². The number of hydrogen-bond acceptors (Lipinski definition) is 4. The van der Waals surface area contributed by atoms with E-state index in [4.69, 9.17) is 4.74 Å². The largest absolute Gasteiger partial charge is 0.437 e. The third-order valence-electron chi connectivity index (χ3n) is 4.33. The van der Waals surface area contributed by atoms with Crippen LogP contribution in [-0.2, 0) is 11.2 Å². The predicted octanol–water partition coefficient (Wildman–Crippen LogP) is 3.74. The number of hydrogen-bond donors (Lipinski definition) is 0. The Labute approximate surface area is 149 Å². The van der Waals surface area contributed by atoms with Crippen molar-refractivity contribution in [1.29, 1.82) is 0 Å². The van der Waals surface area contributed by atoms with Gasteiger partial charge in [-0.05, 0) is 42.5 Å². The van der Waals surface area contributed by atoms with E-state index in [-0.39, 0.29) is 5.91 Å². The number of carbonyl (C=O) groups excluding carboxylic acids is 1. The van der Waals surface area contributed by atoms with E-state index < -0.39 is 0 Å². The molecule has 6 nitrogen and oxygen atoms in total. The summed E-state index contributed by atoms with van der Waals surface area (Å²) in [5, 5.41) is 0. The molecule has 4 aromatic rings. The minimum Gasteiger partial charge on any atom is -0.437 e. The molecular formula is C20H14N4O2. The molecule has 0 radical (unpaired) electrons. The first-order chi connectivity index (χ1) is 12.8.